The van der Waals surface area contributed by atoms with Gasteiger partial charge in [-0.25, -0.2) is 0 Å². The fraction of sp³-hybridized carbons (Fsp3) is 0.417. The van der Waals surface area contributed by atoms with Crippen molar-refractivity contribution in [3.05, 3.63) is 95.1 Å². The first-order valence-electron chi connectivity index (χ1n) is 15.7. The predicted octanol–water partition coefficient (Wildman–Crippen LogP) is 5.47. The van der Waals surface area contributed by atoms with Gasteiger partial charge in [-0.3, -0.25) is 9.69 Å². The molecule has 6 atom stereocenters. The highest BCUT2D eigenvalue weighted by molar-refractivity contribution is 5.92. The van der Waals surface area contributed by atoms with Crippen LogP contribution in [-0.2, 0) is 23.1 Å². The zero-order valence-corrected chi connectivity index (χ0v) is 25.7. The molecule has 2 aliphatic heterocycles. The molecular weight excluding hydrogens is 597 g/mol. The summed E-state index contributed by atoms with van der Waals surface area (Å²) in [4.78, 5) is 17.7. The number of hydrogen-bond acceptors (Lipinski definition) is 6. The first kappa shape index (κ1) is 30.6. The van der Waals surface area contributed by atoms with Gasteiger partial charge in [0, 0.05) is 31.3 Å². The van der Waals surface area contributed by atoms with Gasteiger partial charge in [-0.2, -0.15) is 0 Å². The summed E-state index contributed by atoms with van der Waals surface area (Å²) in [6.07, 6.45) is -0.0850. The van der Waals surface area contributed by atoms with Crippen LogP contribution in [-0.4, -0.2) is 76.2 Å². The van der Waals surface area contributed by atoms with Gasteiger partial charge in [0.1, 0.15) is 11.9 Å². The van der Waals surface area contributed by atoms with Crippen molar-refractivity contribution in [3.8, 4) is 17.2 Å². The molecule has 3 aromatic rings. The lowest BCUT2D eigenvalue weighted by Crippen LogP contribution is -2.79. The molecule has 2 heterocycles. The second kappa shape index (κ2) is 11.1. The Kier molecular flexibility index (Phi) is 7.36. The van der Waals surface area contributed by atoms with Gasteiger partial charge in [0.2, 0.25) is 5.91 Å². The number of piperidine rings is 1. The summed E-state index contributed by atoms with van der Waals surface area (Å²) in [7, 11) is 1.69. The van der Waals surface area contributed by atoms with Crippen LogP contribution in [0.25, 0.3) is 6.08 Å². The van der Waals surface area contributed by atoms with E-state index in [0.29, 0.717) is 30.6 Å². The number of amides is 1. The lowest BCUT2D eigenvalue weighted by atomic mass is 9.46. The van der Waals surface area contributed by atoms with E-state index in [0.717, 1.165) is 30.6 Å². The minimum absolute atomic E-state index is 0.0241. The first-order chi connectivity index (χ1) is 21.9. The summed E-state index contributed by atoms with van der Waals surface area (Å²) >= 11 is 0. The monoisotopic (exact) mass is 634 g/mol. The largest absolute Gasteiger partial charge is 0.573 e. The molecule has 2 fully saturated rings. The SMILES string of the molecule is CC1C[C@@]2(O)[C@H]3Cc4ccc(O)c5c4[C@@]2(CCN3CCc2ccccc2)C(O5)C1N(C)C(=O)/C=C/c1cccc(OC(F)(F)F)c1. The molecule has 0 radical (unpaired) electrons. The number of rotatable bonds is 7. The van der Waals surface area contributed by atoms with E-state index in [2.05, 4.69) is 21.8 Å². The number of likely N-dealkylation sites (tertiary alicyclic amines) is 1. The number of phenols is 1. The number of carbonyl (C=O) groups is 1. The average molecular weight is 635 g/mol. The third-order valence-corrected chi connectivity index (χ3v) is 10.7. The molecule has 3 aromatic carbocycles. The molecule has 1 spiro atoms. The van der Waals surface area contributed by atoms with Gasteiger partial charge >= 0.3 is 6.36 Å². The Hall–Kier alpha value is -4.02. The normalized spacial score (nSPS) is 29.7. The molecule has 1 saturated carbocycles. The topological polar surface area (TPSA) is 82.5 Å². The smallest absolute Gasteiger partial charge is 0.504 e. The number of aromatic hydroxyl groups is 1. The van der Waals surface area contributed by atoms with Crippen LogP contribution in [0, 0.1) is 5.92 Å². The standard InChI is InChI=1S/C36H37F3N2O5/c1-22-21-35(44)28-20-25-12-13-27(42)32-30(25)34(35,16-18-41(28)17-15-23-7-4-3-5-8-23)33(45-32)31(22)40(2)29(43)14-11-24-9-6-10-26(19-24)46-36(37,38)39/h3-14,19,22,28,31,33,42,44H,15-18,20-21H2,1-2H3/b14-11+/t22?,28-,31?,33?,34+,35-/m1/s1. The lowest BCUT2D eigenvalue weighted by Gasteiger charge is -2.66. The molecule has 46 heavy (non-hydrogen) atoms. The van der Waals surface area contributed by atoms with Gasteiger partial charge in [-0.15, -0.1) is 13.2 Å². The van der Waals surface area contributed by atoms with Crippen molar-refractivity contribution >= 4 is 12.0 Å². The summed E-state index contributed by atoms with van der Waals surface area (Å²) in [6.45, 7) is 3.56. The van der Waals surface area contributed by atoms with Crippen LogP contribution in [0.5, 0.6) is 17.2 Å². The molecule has 1 amide bonds. The minimum Gasteiger partial charge on any atom is -0.504 e. The summed E-state index contributed by atoms with van der Waals surface area (Å²) in [6, 6.07) is 18.7. The number of hydrogen-bond donors (Lipinski definition) is 2. The Morgan fingerprint density at radius 3 is 2.70 bits per heavy atom. The summed E-state index contributed by atoms with van der Waals surface area (Å²) in [5.41, 5.74) is 1.58. The Morgan fingerprint density at radius 1 is 1.15 bits per heavy atom. The number of halogens is 3. The molecule has 7 nitrogen and oxygen atoms in total. The zero-order chi connectivity index (χ0) is 32.4. The molecule has 1 saturated heterocycles. The van der Waals surface area contributed by atoms with E-state index in [9.17, 15) is 28.2 Å². The number of ether oxygens (including phenoxy) is 2. The second-order valence-corrected chi connectivity index (χ2v) is 13.2. The van der Waals surface area contributed by atoms with Crippen molar-refractivity contribution in [2.75, 3.05) is 20.1 Å². The Labute approximate surface area is 265 Å². The third kappa shape index (κ3) is 4.84. The summed E-state index contributed by atoms with van der Waals surface area (Å²) < 4.78 is 48.8. The molecule has 242 valence electrons. The molecule has 0 aromatic heterocycles. The summed E-state index contributed by atoms with van der Waals surface area (Å²) in [5, 5.41) is 23.9. The van der Waals surface area contributed by atoms with E-state index in [1.54, 1.807) is 24.1 Å². The van der Waals surface area contributed by atoms with Crippen molar-refractivity contribution in [1.29, 1.82) is 0 Å². The van der Waals surface area contributed by atoms with Crippen molar-refractivity contribution in [2.45, 2.75) is 68.2 Å². The van der Waals surface area contributed by atoms with Crippen LogP contribution in [0.1, 0.15) is 42.0 Å². The van der Waals surface area contributed by atoms with E-state index in [1.165, 1.54) is 35.9 Å². The van der Waals surface area contributed by atoms with E-state index >= 15 is 0 Å². The number of likely N-dealkylation sites (N-methyl/N-ethyl adjacent to an activating group) is 1. The van der Waals surface area contributed by atoms with Crippen molar-refractivity contribution in [1.82, 2.24) is 9.80 Å². The van der Waals surface area contributed by atoms with Crippen LogP contribution in [0.15, 0.2) is 72.8 Å². The molecule has 7 rings (SSSR count). The fourth-order valence-corrected chi connectivity index (χ4v) is 8.90. The van der Waals surface area contributed by atoms with Crippen LogP contribution >= 0.6 is 0 Å². The molecule has 2 N–H and O–H groups in total. The third-order valence-electron chi connectivity index (χ3n) is 10.7. The van der Waals surface area contributed by atoms with Crippen LogP contribution < -0.4 is 9.47 Å². The summed E-state index contributed by atoms with van der Waals surface area (Å²) in [5.74, 6) is -0.462. The molecule has 2 aliphatic carbocycles. The van der Waals surface area contributed by atoms with Crippen molar-refractivity contribution in [3.63, 3.8) is 0 Å². The zero-order valence-electron chi connectivity index (χ0n) is 25.7. The van der Waals surface area contributed by atoms with Gasteiger partial charge in [0.05, 0.1) is 17.1 Å². The maximum absolute atomic E-state index is 13.6. The van der Waals surface area contributed by atoms with Crippen LogP contribution in [0.3, 0.4) is 0 Å². The minimum atomic E-state index is -4.82. The second-order valence-electron chi connectivity index (χ2n) is 13.2. The molecule has 10 heteroatoms. The highest BCUT2D eigenvalue weighted by atomic mass is 19.4. The highest BCUT2D eigenvalue weighted by Gasteiger charge is 2.74. The number of phenolic OH excluding ortho intramolecular Hbond substituents is 1. The van der Waals surface area contributed by atoms with Crippen LogP contribution in [0.2, 0.25) is 0 Å². The van der Waals surface area contributed by atoms with E-state index in [1.807, 2.05) is 31.2 Å². The van der Waals surface area contributed by atoms with E-state index < -0.39 is 29.5 Å². The van der Waals surface area contributed by atoms with Crippen molar-refractivity contribution < 1.29 is 37.7 Å². The number of nitrogens with zero attached hydrogens (tertiary/aromatic N) is 2. The average Bonchev–Trinajstić information content (AvgIpc) is 3.35. The quantitative estimate of drug-likeness (QED) is 0.336. The van der Waals surface area contributed by atoms with Gasteiger partial charge in [0.15, 0.2) is 11.5 Å². The molecular formula is C36H37F3N2O5. The molecule has 2 bridgehead atoms. The number of aliphatic hydroxyl groups is 1. The Balaban J connectivity index is 1.19. The number of carbonyl (C=O) groups excluding carboxylic acids is 1. The lowest BCUT2D eigenvalue weighted by molar-refractivity contribution is -0.274. The van der Waals surface area contributed by atoms with Crippen LogP contribution in [0.4, 0.5) is 13.2 Å². The van der Waals surface area contributed by atoms with E-state index in [-0.39, 0.29) is 29.4 Å². The van der Waals surface area contributed by atoms with Gasteiger partial charge in [-0.1, -0.05) is 55.5 Å². The van der Waals surface area contributed by atoms with Gasteiger partial charge in [0.25, 0.3) is 0 Å². The fourth-order valence-electron chi connectivity index (χ4n) is 8.90. The van der Waals surface area contributed by atoms with Crippen molar-refractivity contribution in [2.24, 2.45) is 5.92 Å². The Bertz CT molecular complexity index is 1680. The van der Waals surface area contributed by atoms with E-state index in [4.69, 9.17) is 4.74 Å². The maximum atomic E-state index is 13.6. The number of benzene rings is 3. The predicted molar refractivity (Wildman–Crippen MR) is 165 cm³/mol. The Morgan fingerprint density at radius 2 is 1.93 bits per heavy atom. The van der Waals surface area contributed by atoms with Gasteiger partial charge < -0.3 is 24.6 Å². The molecule has 4 aliphatic rings. The molecule has 3 unspecified atom stereocenters. The van der Waals surface area contributed by atoms with Gasteiger partial charge in [-0.05, 0) is 79.1 Å². The number of alkyl halides is 3. The first-order valence-corrected chi connectivity index (χ1v) is 15.7. The maximum Gasteiger partial charge on any atom is 0.573 e. The highest BCUT2D eigenvalue weighted by Crippen LogP contribution is 2.66.